The van der Waals surface area contributed by atoms with Gasteiger partial charge in [-0.1, -0.05) is 161 Å². The van der Waals surface area contributed by atoms with Gasteiger partial charge in [-0.25, -0.2) is 4.98 Å². The first-order valence-electron chi connectivity index (χ1n) is 25.5. The smallest absolute Gasteiger partial charge is 0.333 e. The van der Waals surface area contributed by atoms with Gasteiger partial charge in [0.1, 0.15) is 5.82 Å². The first kappa shape index (κ1) is 42.9. The lowest BCUT2D eigenvalue weighted by atomic mass is 9.43. The van der Waals surface area contributed by atoms with Crippen molar-refractivity contribution in [2.24, 2.45) is 7.05 Å². The van der Waals surface area contributed by atoms with Crippen LogP contribution in [-0.2, 0) is 28.7 Å². The van der Waals surface area contributed by atoms with E-state index in [9.17, 15) is 0 Å². The number of benzene rings is 8. The van der Waals surface area contributed by atoms with Crippen LogP contribution in [0.4, 0.5) is 11.4 Å². The van der Waals surface area contributed by atoms with Gasteiger partial charge in [0.25, 0.3) is 0 Å². The molecule has 4 nitrogen and oxygen atoms in total. The Bertz CT molecular complexity index is 4140. The van der Waals surface area contributed by atoms with Crippen LogP contribution in [0.5, 0.6) is 0 Å². The first-order valence-corrected chi connectivity index (χ1v) is 26.4. The predicted molar refractivity (Wildman–Crippen MR) is 306 cm³/mol. The zero-order valence-electron chi connectivity index (χ0n) is 43.1. The molecule has 0 atom stereocenters. The molecule has 8 aromatic carbocycles. The zero-order chi connectivity index (χ0) is 49.0. The summed E-state index contributed by atoms with van der Waals surface area (Å²) in [5.41, 5.74) is 24.1. The number of hydrogen-bond acceptors (Lipinski definition) is 3. The molecule has 3 aromatic heterocycles. The minimum Gasteiger partial charge on any atom is -0.376 e. The molecule has 0 unspecified atom stereocenters. The average Bonchev–Trinajstić information content (AvgIpc) is 4.05. The molecule has 14 rings (SSSR count). The number of anilines is 2. The number of fused-ring (bicyclic) bond motifs is 17. The average molecular weight is 939 g/mol. The van der Waals surface area contributed by atoms with Crippen molar-refractivity contribution in [3.05, 3.63) is 167 Å². The van der Waals surface area contributed by atoms with Gasteiger partial charge in [-0.05, 0) is 126 Å². The second-order valence-corrected chi connectivity index (χ2v) is 25.6. The van der Waals surface area contributed by atoms with Crippen molar-refractivity contribution in [3.8, 4) is 39.3 Å². The summed E-state index contributed by atoms with van der Waals surface area (Å²) in [6, 6.07) is 54.2. The third-order valence-corrected chi connectivity index (χ3v) is 17.9. The Balaban J connectivity index is 1.20. The molecule has 0 saturated carbocycles. The molecular weight excluding hydrogens is 880 g/mol. The van der Waals surface area contributed by atoms with Crippen LogP contribution in [-0.4, -0.2) is 21.0 Å². The summed E-state index contributed by atoms with van der Waals surface area (Å²) in [7, 11) is 2.18. The minimum atomic E-state index is -0.206. The molecule has 0 bridgehead atoms. The summed E-state index contributed by atoms with van der Waals surface area (Å²) < 4.78 is 7.66. The molecule has 6 heteroatoms. The van der Waals surface area contributed by atoms with E-state index < -0.39 is 0 Å². The van der Waals surface area contributed by atoms with Crippen LogP contribution < -0.4 is 15.7 Å². The van der Waals surface area contributed by atoms with Gasteiger partial charge in [-0.15, -0.1) is 11.3 Å². The van der Waals surface area contributed by atoms with Crippen LogP contribution in [0.1, 0.15) is 104 Å². The molecule has 1 aliphatic carbocycles. The van der Waals surface area contributed by atoms with Crippen molar-refractivity contribution >= 4 is 93.5 Å². The molecular formula is C65H59BN4S. The molecule has 0 fully saturated rings. The Morgan fingerprint density at radius 1 is 0.563 bits per heavy atom. The fourth-order valence-corrected chi connectivity index (χ4v) is 14.2. The SMILES string of the molecule is Cn1c(-c2ccccc2)nc2cc3c(cc21)-n1c2ccc(C(C)(C)C)cc2c2c4sc5ccccc5c4c4c(c21)B3N(c1ccc(C(C)(C)C)cc1)c1cc2c(cc1-4)-c1cc(C(C)(C)C)ccc1C2(C)C. The van der Waals surface area contributed by atoms with E-state index in [1.165, 1.54) is 120 Å². The van der Waals surface area contributed by atoms with E-state index in [0.29, 0.717) is 0 Å². The van der Waals surface area contributed by atoms with Crippen LogP contribution in [0.25, 0.3) is 92.3 Å². The number of nitrogens with zero attached hydrogens (tertiary/aromatic N) is 4. The van der Waals surface area contributed by atoms with Gasteiger partial charge in [0.15, 0.2) is 0 Å². The Kier molecular flexibility index (Phi) is 8.44. The van der Waals surface area contributed by atoms with Crippen molar-refractivity contribution in [1.29, 1.82) is 0 Å². The molecule has 2 aliphatic heterocycles. The van der Waals surface area contributed by atoms with Crippen LogP contribution in [0.3, 0.4) is 0 Å². The third-order valence-electron chi connectivity index (χ3n) is 16.8. The number of imidazole rings is 1. The number of thiophene rings is 1. The normalized spacial score (nSPS) is 14.8. The maximum atomic E-state index is 5.51. The summed E-state index contributed by atoms with van der Waals surface area (Å²) in [6.45, 7) is 25.7. The summed E-state index contributed by atoms with van der Waals surface area (Å²) >= 11 is 1.97. The topological polar surface area (TPSA) is 26.0 Å². The minimum absolute atomic E-state index is 0.0105. The highest BCUT2D eigenvalue weighted by Crippen LogP contribution is 2.58. The van der Waals surface area contributed by atoms with Gasteiger partial charge in [0.2, 0.25) is 0 Å². The molecule has 0 radical (unpaired) electrons. The zero-order valence-corrected chi connectivity index (χ0v) is 43.9. The van der Waals surface area contributed by atoms with Crippen LogP contribution in [0.15, 0.2) is 140 Å². The van der Waals surface area contributed by atoms with Gasteiger partial charge in [0.05, 0.1) is 22.1 Å². The monoisotopic (exact) mass is 938 g/mol. The second-order valence-electron chi connectivity index (χ2n) is 24.5. The van der Waals surface area contributed by atoms with E-state index >= 15 is 0 Å². The Morgan fingerprint density at radius 3 is 1.96 bits per heavy atom. The molecule has 348 valence electrons. The highest BCUT2D eigenvalue weighted by Gasteiger charge is 2.48. The van der Waals surface area contributed by atoms with Crippen LogP contribution >= 0.6 is 11.3 Å². The van der Waals surface area contributed by atoms with E-state index in [2.05, 4.69) is 237 Å². The van der Waals surface area contributed by atoms with Crippen molar-refractivity contribution in [3.63, 3.8) is 0 Å². The van der Waals surface area contributed by atoms with Crippen LogP contribution in [0, 0.1) is 0 Å². The fraction of sp³-hybridized carbons (Fsp3) is 0.246. The lowest BCUT2D eigenvalue weighted by Gasteiger charge is -2.43. The highest BCUT2D eigenvalue weighted by molar-refractivity contribution is 7.27. The van der Waals surface area contributed by atoms with Crippen molar-refractivity contribution in [2.75, 3.05) is 4.81 Å². The van der Waals surface area contributed by atoms with Gasteiger partial charge in [-0.3, -0.25) is 0 Å². The van der Waals surface area contributed by atoms with Gasteiger partial charge < -0.3 is 13.9 Å². The Hall–Kier alpha value is -6.89. The third kappa shape index (κ3) is 5.77. The van der Waals surface area contributed by atoms with E-state index in [0.717, 1.165) is 22.4 Å². The second kappa shape index (κ2) is 14.0. The van der Waals surface area contributed by atoms with Gasteiger partial charge in [0, 0.05) is 71.6 Å². The molecule has 11 aromatic rings. The number of aromatic nitrogens is 3. The highest BCUT2D eigenvalue weighted by atomic mass is 32.1. The van der Waals surface area contributed by atoms with Crippen molar-refractivity contribution < 1.29 is 0 Å². The van der Waals surface area contributed by atoms with Gasteiger partial charge in [-0.2, -0.15) is 0 Å². The van der Waals surface area contributed by atoms with Gasteiger partial charge >= 0.3 is 6.85 Å². The first-order chi connectivity index (χ1) is 33.8. The van der Waals surface area contributed by atoms with E-state index in [-0.39, 0.29) is 28.5 Å². The number of rotatable bonds is 2. The van der Waals surface area contributed by atoms with E-state index in [4.69, 9.17) is 4.98 Å². The summed E-state index contributed by atoms with van der Waals surface area (Å²) in [5.74, 6) is 0.973. The summed E-state index contributed by atoms with van der Waals surface area (Å²) in [5, 5.41) is 5.38. The number of hydrogen-bond donors (Lipinski definition) is 0. The van der Waals surface area contributed by atoms with E-state index in [1.807, 2.05) is 11.3 Å². The maximum absolute atomic E-state index is 5.51. The van der Waals surface area contributed by atoms with Crippen LogP contribution in [0.2, 0.25) is 0 Å². The van der Waals surface area contributed by atoms with Crippen molar-refractivity contribution in [1.82, 2.24) is 14.1 Å². The summed E-state index contributed by atoms with van der Waals surface area (Å²) in [4.78, 5) is 8.24. The predicted octanol–water partition coefficient (Wildman–Crippen LogP) is 16.1. The quantitative estimate of drug-likeness (QED) is 0.161. The molecule has 0 saturated heterocycles. The molecule has 71 heavy (non-hydrogen) atoms. The molecule has 5 heterocycles. The Labute approximate surface area is 421 Å². The molecule has 0 N–H and O–H groups in total. The fourth-order valence-electron chi connectivity index (χ4n) is 12.9. The van der Waals surface area contributed by atoms with E-state index in [1.54, 1.807) is 0 Å². The molecule has 0 amide bonds. The molecule has 3 aliphatic rings. The standard InChI is InChI=1S/C65H59BN4S/c1-62(2,3)37-22-26-40(27-23-37)70-51-33-47-43(42-30-38(63(4,5)6)24-28-46(42)65(47,10)11)32-45(51)55-56-41-20-16-17-21-54(41)71-60(56)57-44-31-39(64(7,8)9)25-29-50(44)69-52-35-53-49(34-48(52)66(70)58(55)59(57)69)67-61(68(53)12)36-18-14-13-15-19-36/h13-35H,1-12H3. The number of aryl methyl sites for hydroxylation is 1. The largest absolute Gasteiger partial charge is 0.376 e. The molecule has 0 spiro atoms. The van der Waals surface area contributed by atoms with Crippen molar-refractivity contribution in [2.45, 2.75) is 97.8 Å². The summed E-state index contributed by atoms with van der Waals surface area (Å²) in [6.07, 6.45) is 0. The maximum Gasteiger partial charge on any atom is 0.333 e. The lowest BCUT2D eigenvalue weighted by molar-refractivity contribution is 0.589. The lowest BCUT2D eigenvalue weighted by Crippen LogP contribution is -2.60. The Morgan fingerprint density at radius 2 is 1.23 bits per heavy atom.